The summed E-state index contributed by atoms with van der Waals surface area (Å²) in [6, 6.07) is 0. The van der Waals surface area contributed by atoms with Crippen molar-refractivity contribution >= 4 is 11.9 Å². The van der Waals surface area contributed by atoms with Crippen LogP contribution >= 0.6 is 0 Å². The van der Waals surface area contributed by atoms with E-state index in [2.05, 4.69) is 20.9 Å². The van der Waals surface area contributed by atoms with Crippen molar-refractivity contribution in [1.29, 1.82) is 0 Å². The molecule has 0 saturated carbocycles. The molecule has 0 aromatic carbocycles. The highest BCUT2D eigenvalue weighted by atomic mass is 16.5. The van der Waals surface area contributed by atoms with Crippen LogP contribution in [0.2, 0.25) is 0 Å². The molecule has 1 aromatic heterocycles. The van der Waals surface area contributed by atoms with Crippen LogP contribution in [-0.4, -0.2) is 53.6 Å². The van der Waals surface area contributed by atoms with Crippen molar-refractivity contribution in [1.82, 2.24) is 25.6 Å². The SMILES string of the molecule is CCNC(=O)Cn1nnc(C(=O)OC)c1C1CCNCC1. The molecule has 1 amide bonds. The number of carbonyl (C=O) groups is 2. The first-order valence-corrected chi connectivity index (χ1v) is 7.16. The highest BCUT2D eigenvalue weighted by Crippen LogP contribution is 2.27. The van der Waals surface area contributed by atoms with Crippen LogP contribution in [0.4, 0.5) is 0 Å². The normalized spacial score (nSPS) is 15.7. The van der Waals surface area contributed by atoms with Gasteiger partial charge in [0.25, 0.3) is 0 Å². The molecule has 1 aromatic rings. The molecule has 2 heterocycles. The summed E-state index contributed by atoms with van der Waals surface area (Å²) < 4.78 is 6.28. The van der Waals surface area contributed by atoms with E-state index in [0.29, 0.717) is 12.2 Å². The molecule has 116 valence electrons. The molecule has 0 aliphatic carbocycles. The maximum absolute atomic E-state index is 11.8. The second kappa shape index (κ2) is 7.16. The van der Waals surface area contributed by atoms with Gasteiger partial charge in [0.1, 0.15) is 6.54 Å². The standard InChI is InChI=1S/C13H21N5O3/c1-3-15-10(19)8-18-12(9-4-6-14-7-5-9)11(16-17-18)13(20)21-2/h9,14H,3-8H2,1-2H3,(H,15,19). The third-order valence-corrected chi connectivity index (χ3v) is 3.55. The van der Waals surface area contributed by atoms with Crippen molar-refractivity contribution in [3.63, 3.8) is 0 Å². The predicted octanol–water partition coefficient (Wildman–Crippen LogP) is -0.332. The molecule has 0 atom stereocenters. The molecule has 8 heteroatoms. The van der Waals surface area contributed by atoms with E-state index in [1.807, 2.05) is 6.92 Å². The number of rotatable bonds is 5. The monoisotopic (exact) mass is 295 g/mol. The summed E-state index contributed by atoms with van der Waals surface area (Å²) in [6.07, 6.45) is 1.76. The van der Waals surface area contributed by atoms with Crippen molar-refractivity contribution in [2.24, 2.45) is 0 Å². The first-order valence-electron chi connectivity index (χ1n) is 7.16. The number of nitrogens with zero attached hydrogens (tertiary/aromatic N) is 3. The zero-order valence-electron chi connectivity index (χ0n) is 12.4. The second-order valence-electron chi connectivity index (χ2n) is 4.95. The van der Waals surface area contributed by atoms with Crippen LogP contribution < -0.4 is 10.6 Å². The van der Waals surface area contributed by atoms with Gasteiger partial charge in [-0.3, -0.25) is 4.79 Å². The number of methoxy groups -OCH3 is 1. The number of amides is 1. The molecule has 8 nitrogen and oxygen atoms in total. The quantitative estimate of drug-likeness (QED) is 0.722. The summed E-state index contributed by atoms with van der Waals surface area (Å²) in [5, 5.41) is 13.9. The van der Waals surface area contributed by atoms with Gasteiger partial charge in [-0.1, -0.05) is 5.21 Å². The van der Waals surface area contributed by atoms with Crippen molar-refractivity contribution in [3.05, 3.63) is 11.4 Å². The number of piperidine rings is 1. The third-order valence-electron chi connectivity index (χ3n) is 3.55. The smallest absolute Gasteiger partial charge is 0.360 e. The lowest BCUT2D eigenvalue weighted by Crippen LogP contribution is -2.31. The molecular formula is C13H21N5O3. The van der Waals surface area contributed by atoms with E-state index in [-0.39, 0.29) is 24.1 Å². The minimum Gasteiger partial charge on any atom is -0.464 e. The molecular weight excluding hydrogens is 274 g/mol. The molecule has 21 heavy (non-hydrogen) atoms. The van der Waals surface area contributed by atoms with Gasteiger partial charge < -0.3 is 15.4 Å². The van der Waals surface area contributed by atoms with Crippen LogP contribution in [-0.2, 0) is 16.1 Å². The molecule has 0 bridgehead atoms. The van der Waals surface area contributed by atoms with Crippen molar-refractivity contribution < 1.29 is 14.3 Å². The third kappa shape index (κ3) is 3.57. The van der Waals surface area contributed by atoms with Gasteiger partial charge >= 0.3 is 5.97 Å². The van der Waals surface area contributed by atoms with E-state index in [1.165, 1.54) is 11.8 Å². The number of hydrogen-bond donors (Lipinski definition) is 2. The topological polar surface area (TPSA) is 98.1 Å². The van der Waals surface area contributed by atoms with E-state index in [0.717, 1.165) is 25.9 Å². The Hall–Kier alpha value is -1.96. The lowest BCUT2D eigenvalue weighted by molar-refractivity contribution is -0.121. The maximum atomic E-state index is 11.8. The largest absolute Gasteiger partial charge is 0.464 e. The molecule has 1 aliphatic heterocycles. The van der Waals surface area contributed by atoms with Gasteiger partial charge in [0.15, 0.2) is 5.69 Å². The summed E-state index contributed by atoms with van der Waals surface area (Å²) in [6.45, 7) is 4.22. The number of aromatic nitrogens is 3. The van der Waals surface area contributed by atoms with Crippen LogP contribution in [0.25, 0.3) is 0 Å². The fraction of sp³-hybridized carbons (Fsp3) is 0.692. The van der Waals surface area contributed by atoms with Gasteiger partial charge in [-0.15, -0.1) is 5.10 Å². The fourth-order valence-electron chi connectivity index (χ4n) is 2.57. The molecule has 1 saturated heterocycles. The Morgan fingerprint density at radius 2 is 2.14 bits per heavy atom. The van der Waals surface area contributed by atoms with Crippen molar-refractivity contribution in [3.8, 4) is 0 Å². The average molecular weight is 295 g/mol. The van der Waals surface area contributed by atoms with Gasteiger partial charge in [-0.05, 0) is 32.9 Å². The van der Waals surface area contributed by atoms with Crippen LogP contribution in [0, 0.1) is 0 Å². The van der Waals surface area contributed by atoms with Gasteiger partial charge in [0.2, 0.25) is 5.91 Å². The van der Waals surface area contributed by atoms with Crippen LogP contribution in [0.15, 0.2) is 0 Å². The summed E-state index contributed by atoms with van der Waals surface area (Å²) in [4.78, 5) is 23.6. The Morgan fingerprint density at radius 1 is 1.43 bits per heavy atom. The van der Waals surface area contributed by atoms with Gasteiger partial charge in [0.05, 0.1) is 12.8 Å². The number of ether oxygens (including phenoxy) is 1. The minimum atomic E-state index is -0.509. The van der Waals surface area contributed by atoms with Crippen molar-refractivity contribution in [2.45, 2.75) is 32.2 Å². The van der Waals surface area contributed by atoms with Crippen LogP contribution in [0.1, 0.15) is 41.9 Å². The highest BCUT2D eigenvalue weighted by Gasteiger charge is 2.28. The molecule has 0 spiro atoms. The van der Waals surface area contributed by atoms with E-state index in [9.17, 15) is 9.59 Å². The maximum Gasteiger partial charge on any atom is 0.360 e. The predicted molar refractivity (Wildman–Crippen MR) is 74.9 cm³/mol. The average Bonchev–Trinajstić information content (AvgIpc) is 2.91. The molecule has 0 unspecified atom stereocenters. The highest BCUT2D eigenvalue weighted by molar-refractivity contribution is 5.88. The first kappa shape index (κ1) is 15.4. The van der Waals surface area contributed by atoms with Gasteiger partial charge in [-0.2, -0.15) is 0 Å². The van der Waals surface area contributed by atoms with Crippen LogP contribution in [0.5, 0.6) is 0 Å². The van der Waals surface area contributed by atoms with E-state index in [4.69, 9.17) is 4.74 Å². The summed E-state index contributed by atoms with van der Waals surface area (Å²) in [7, 11) is 1.32. The molecule has 2 N–H and O–H groups in total. The molecule has 1 fully saturated rings. The van der Waals surface area contributed by atoms with Gasteiger partial charge in [-0.25, -0.2) is 9.48 Å². The molecule has 2 rings (SSSR count). The summed E-state index contributed by atoms with van der Waals surface area (Å²) in [5.74, 6) is -0.496. The minimum absolute atomic E-state index is 0.0666. The van der Waals surface area contributed by atoms with E-state index < -0.39 is 5.97 Å². The lowest BCUT2D eigenvalue weighted by atomic mass is 9.93. The first-order chi connectivity index (χ1) is 10.2. The Bertz CT molecular complexity index is 508. The molecule has 0 radical (unpaired) electrons. The number of esters is 1. The summed E-state index contributed by atoms with van der Waals surface area (Å²) >= 11 is 0. The van der Waals surface area contributed by atoms with E-state index in [1.54, 1.807) is 0 Å². The summed E-state index contributed by atoms with van der Waals surface area (Å²) in [5.41, 5.74) is 0.920. The van der Waals surface area contributed by atoms with Crippen LogP contribution in [0.3, 0.4) is 0 Å². The Kier molecular flexibility index (Phi) is 5.26. The molecule has 1 aliphatic rings. The number of carbonyl (C=O) groups excluding carboxylic acids is 2. The Morgan fingerprint density at radius 3 is 2.76 bits per heavy atom. The zero-order valence-corrected chi connectivity index (χ0v) is 12.4. The second-order valence-corrected chi connectivity index (χ2v) is 4.95. The number of nitrogens with one attached hydrogen (secondary N) is 2. The van der Waals surface area contributed by atoms with Gasteiger partial charge in [0, 0.05) is 12.5 Å². The van der Waals surface area contributed by atoms with Crippen molar-refractivity contribution in [2.75, 3.05) is 26.7 Å². The number of hydrogen-bond acceptors (Lipinski definition) is 6. The number of likely N-dealkylation sites (N-methyl/N-ethyl adjacent to an activating group) is 1. The Balaban J connectivity index is 2.28. The lowest BCUT2D eigenvalue weighted by Gasteiger charge is -2.23. The Labute approximate surface area is 123 Å². The zero-order chi connectivity index (χ0) is 15.2. The van der Waals surface area contributed by atoms with E-state index >= 15 is 0 Å². The fourth-order valence-corrected chi connectivity index (χ4v) is 2.57.